The molecular formula is C15H22N2O3S. The molecule has 0 spiro atoms. The topological polar surface area (TPSA) is 66.5 Å². The zero-order valence-electron chi connectivity index (χ0n) is 12.7. The van der Waals surface area contributed by atoms with E-state index in [1.807, 2.05) is 32.0 Å². The summed E-state index contributed by atoms with van der Waals surface area (Å²) in [6.45, 7) is 4.73. The Balaban J connectivity index is 2.06. The van der Waals surface area contributed by atoms with E-state index in [1.165, 1.54) is 10.6 Å². The molecule has 1 atom stereocenters. The lowest BCUT2D eigenvalue weighted by Crippen LogP contribution is -2.43. The molecule has 1 N–H and O–H groups in total. The average molecular weight is 310 g/mol. The van der Waals surface area contributed by atoms with Gasteiger partial charge in [0.1, 0.15) is 0 Å². The van der Waals surface area contributed by atoms with Crippen molar-refractivity contribution < 1.29 is 13.2 Å². The standard InChI is InChI=1S/C15H22N2O3S/c1-11-6-7-14(12(2)9-11)16-15(18)13-5-4-8-17(10-13)21(3,19)20/h6-7,9,13H,4-5,8,10H2,1-3H3,(H,16,18)/t13-/m0/s1. The third-order valence-electron chi connectivity index (χ3n) is 3.86. The van der Waals surface area contributed by atoms with Crippen molar-refractivity contribution >= 4 is 21.6 Å². The highest BCUT2D eigenvalue weighted by molar-refractivity contribution is 7.88. The zero-order chi connectivity index (χ0) is 15.6. The van der Waals surface area contributed by atoms with E-state index in [1.54, 1.807) is 0 Å². The highest BCUT2D eigenvalue weighted by atomic mass is 32.2. The van der Waals surface area contributed by atoms with E-state index in [9.17, 15) is 13.2 Å². The third-order valence-corrected chi connectivity index (χ3v) is 5.13. The summed E-state index contributed by atoms with van der Waals surface area (Å²) in [4.78, 5) is 12.3. The van der Waals surface area contributed by atoms with E-state index >= 15 is 0 Å². The Labute approximate surface area is 126 Å². The minimum atomic E-state index is -3.23. The van der Waals surface area contributed by atoms with Crippen LogP contribution < -0.4 is 5.32 Å². The summed E-state index contributed by atoms with van der Waals surface area (Å²) in [5.41, 5.74) is 2.95. The summed E-state index contributed by atoms with van der Waals surface area (Å²) in [6.07, 6.45) is 2.64. The maximum atomic E-state index is 12.3. The first-order valence-electron chi connectivity index (χ1n) is 7.10. The van der Waals surface area contributed by atoms with Crippen molar-refractivity contribution in [3.8, 4) is 0 Å². The predicted molar refractivity (Wildman–Crippen MR) is 83.7 cm³/mol. The number of amides is 1. The largest absolute Gasteiger partial charge is 0.326 e. The smallest absolute Gasteiger partial charge is 0.228 e. The summed E-state index contributed by atoms with van der Waals surface area (Å²) in [5, 5.41) is 2.92. The molecular weight excluding hydrogens is 288 g/mol. The molecule has 0 saturated carbocycles. The first kappa shape index (κ1) is 16.0. The number of rotatable bonds is 3. The number of piperidine rings is 1. The summed E-state index contributed by atoms with van der Waals surface area (Å²) in [5.74, 6) is -0.385. The van der Waals surface area contributed by atoms with Crippen molar-refractivity contribution in [1.29, 1.82) is 0 Å². The molecule has 1 aromatic rings. The van der Waals surface area contributed by atoms with Crippen LogP contribution in [0.5, 0.6) is 0 Å². The molecule has 0 unspecified atom stereocenters. The maximum absolute atomic E-state index is 12.3. The van der Waals surface area contributed by atoms with Gasteiger partial charge in [-0.05, 0) is 38.3 Å². The van der Waals surface area contributed by atoms with Crippen LogP contribution in [0.4, 0.5) is 5.69 Å². The summed E-state index contributed by atoms with van der Waals surface area (Å²) in [6, 6.07) is 5.85. The minimum Gasteiger partial charge on any atom is -0.326 e. The molecule has 1 heterocycles. The lowest BCUT2D eigenvalue weighted by Gasteiger charge is -2.30. The number of hydrogen-bond donors (Lipinski definition) is 1. The van der Waals surface area contributed by atoms with E-state index in [0.717, 1.165) is 29.7 Å². The lowest BCUT2D eigenvalue weighted by atomic mass is 9.98. The fraction of sp³-hybridized carbons (Fsp3) is 0.533. The molecule has 2 rings (SSSR count). The van der Waals surface area contributed by atoms with Crippen molar-refractivity contribution in [3.63, 3.8) is 0 Å². The van der Waals surface area contributed by atoms with Gasteiger partial charge in [0.15, 0.2) is 0 Å². The Morgan fingerprint density at radius 1 is 1.33 bits per heavy atom. The van der Waals surface area contributed by atoms with Gasteiger partial charge < -0.3 is 5.32 Å². The number of aryl methyl sites for hydroxylation is 2. The lowest BCUT2D eigenvalue weighted by molar-refractivity contribution is -0.120. The summed E-state index contributed by atoms with van der Waals surface area (Å²) >= 11 is 0. The van der Waals surface area contributed by atoms with Crippen LogP contribution in [0, 0.1) is 19.8 Å². The Morgan fingerprint density at radius 2 is 2.05 bits per heavy atom. The number of anilines is 1. The van der Waals surface area contributed by atoms with Crippen LogP contribution in [-0.2, 0) is 14.8 Å². The molecule has 5 nitrogen and oxygen atoms in total. The fourth-order valence-electron chi connectivity index (χ4n) is 2.65. The Hall–Kier alpha value is -1.40. The van der Waals surface area contributed by atoms with E-state index in [2.05, 4.69) is 5.32 Å². The summed E-state index contributed by atoms with van der Waals surface area (Å²) < 4.78 is 24.6. The number of sulfonamides is 1. The van der Waals surface area contributed by atoms with Gasteiger partial charge in [-0.2, -0.15) is 0 Å². The molecule has 1 aromatic carbocycles. The second-order valence-electron chi connectivity index (χ2n) is 5.77. The molecule has 1 fully saturated rings. The van der Waals surface area contributed by atoms with Crippen LogP contribution in [0.3, 0.4) is 0 Å². The van der Waals surface area contributed by atoms with Gasteiger partial charge >= 0.3 is 0 Å². The van der Waals surface area contributed by atoms with E-state index in [4.69, 9.17) is 0 Å². The van der Waals surface area contributed by atoms with Crippen LogP contribution in [0.25, 0.3) is 0 Å². The first-order valence-corrected chi connectivity index (χ1v) is 8.95. The molecule has 0 radical (unpaired) electrons. The Kier molecular flexibility index (Phi) is 4.68. The van der Waals surface area contributed by atoms with Crippen molar-refractivity contribution in [3.05, 3.63) is 29.3 Å². The second-order valence-corrected chi connectivity index (χ2v) is 7.75. The molecule has 1 amide bonds. The SMILES string of the molecule is Cc1ccc(NC(=O)[C@H]2CCCN(S(C)(=O)=O)C2)c(C)c1. The average Bonchev–Trinajstić information content (AvgIpc) is 2.41. The third kappa shape index (κ3) is 4.04. The predicted octanol–water partition coefficient (Wildman–Crippen LogP) is 1.91. The van der Waals surface area contributed by atoms with Gasteiger partial charge in [0.05, 0.1) is 12.2 Å². The van der Waals surface area contributed by atoms with Crippen LogP contribution in [0.1, 0.15) is 24.0 Å². The number of nitrogens with zero attached hydrogens (tertiary/aromatic N) is 1. The van der Waals surface area contributed by atoms with Gasteiger partial charge in [-0.25, -0.2) is 12.7 Å². The molecule has 116 valence electrons. The van der Waals surface area contributed by atoms with E-state index < -0.39 is 10.0 Å². The zero-order valence-corrected chi connectivity index (χ0v) is 13.5. The highest BCUT2D eigenvalue weighted by Crippen LogP contribution is 2.22. The molecule has 0 bridgehead atoms. The minimum absolute atomic E-state index is 0.102. The van der Waals surface area contributed by atoms with Crippen molar-refractivity contribution in [2.75, 3.05) is 24.7 Å². The molecule has 1 aliphatic rings. The quantitative estimate of drug-likeness (QED) is 0.927. The summed E-state index contributed by atoms with van der Waals surface area (Å²) in [7, 11) is -3.23. The van der Waals surface area contributed by atoms with Gasteiger partial charge in [0, 0.05) is 18.8 Å². The van der Waals surface area contributed by atoms with E-state index in [0.29, 0.717) is 6.54 Å². The first-order chi connectivity index (χ1) is 9.77. The second kappa shape index (κ2) is 6.15. The molecule has 1 aliphatic heterocycles. The number of benzene rings is 1. The van der Waals surface area contributed by atoms with E-state index in [-0.39, 0.29) is 18.4 Å². The molecule has 21 heavy (non-hydrogen) atoms. The fourth-order valence-corrected chi connectivity index (χ4v) is 3.56. The number of nitrogens with one attached hydrogen (secondary N) is 1. The van der Waals surface area contributed by atoms with Gasteiger partial charge in [-0.15, -0.1) is 0 Å². The van der Waals surface area contributed by atoms with Crippen LogP contribution >= 0.6 is 0 Å². The van der Waals surface area contributed by atoms with Gasteiger partial charge in [0.2, 0.25) is 15.9 Å². The monoisotopic (exact) mass is 310 g/mol. The number of hydrogen-bond acceptors (Lipinski definition) is 3. The van der Waals surface area contributed by atoms with Gasteiger partial charge in [-0.3, -0.25) is 4.79 Å². The van der Waals surface area contributed by atoms with Crippen LogP contribution in [-0.4, -0.2) is 38.0 Å². The van der Waals surface area contributed by atoms with Crippen molar-refractivity contribution in [1.82, 2.24) is 4.31 Å². The molecule has 1 saturated heterocycles. The number of carbonyl (C=O) groups excluding carboxylic acids is 1. The van der Waals surface area contributed by atoms with Gasteiger partial charge in [0.25, 0.3) is 0 Å². The van der Waals surface area contributed by atoms with Crippen LogP contribution in [0.2, 0.25) is 0 Å². The normalized spacial score (nSPS) is 20.2. The van der Waals surface area contributed by atoms with Gasteiger partial charge in [-0.1, -0.05) is 17.7 Å². The Morgan fingerprint density at radius 3 is 2.67 bits per heavy atom. The van der Waals surface area contributed by atoms with Crippen molar-refractivity contribution in [2.45, 2.75) is 26.7 Å². The van der Waals surface area contributed by atoms with Crippen LogP contribution in [0.15, 0.2) is 18.2 Å². The molecule has 0 aromatic heterocycles. The van der Waals surface area contributed by atoms with Crippen molar-refractivity contribution in [2.24, 2.45) is 5.92 Å². The Bertz CT molecular complexity index is 640. The molecule has 6 heteroatoms. The molecule has 0 aliphatic carbocycles. The maximum Gasteiger partial charge on any atom is 0.228 e. The number of carbonyl (C=O) groups is 1. The highest BCUT2D eigenvalue weighted by Gasteiger charge is 2.30.